The molecule has 0 atom stereocenters. The molecule has 1 heterocycles. The molecule has 2 nitrogen and oxygen atoms in total. The topological polar surface area (TPSA) is 26.3 Å². The van der Waals surface area contributed by atoms with E-state index in [0.29, 0.717) is 11.1 Å². The van der Waals surface area contributed by atoms with E-state index < -0.39 is 6.36 Å². The summed E-state index contributed by atoms with van der Waals surface area (Å²) in [6, 6.07) is 14.8. The molecule has 2 aromatic rings. The number of carbonyl (C=O) groups is 1. The third-order valence-corrected chi connectivity index (χ3v) is 6.72. The third kappa shape index (κ3) is 5.81. The highest BCUT2D eigenvalue weighted by molar-refractivity contribution is 8.18. The Labute approximate surface area is 164 Å². The minimum absolute atomic E-state index is 0.0338. The average Bonchev–Trinajstić information content (AvgIpc) is 2.67. The third-order valence-electron chi connectivity index (χ3n) is 3.82. The number of alkyl halides is 3. The predicted octanol–water partition coefficient (Wildman–Crippen LogP) is 5.89. The van der Waals surface area contributed by atoms with Crippen LogP contribution in [0.5, 0.6) is 5.75 Å². The number of allylic oxidation sites excluding steroid dienone is 1. The van der Waals surface area contributed by atoms with Gasteiger partial charge in [0, 0.05) is 5.57 Å². The van der Waals surface area contributed by atoms with Crippen LogP contribution >= 0.6 is 23.5 Å². The summed E-state index contributed by atoms with van der Waals surface area (Å²) in [7, 11) is 0. The fourth-order valence-electron chi connectivity index (χ4n) is 2.61. The summed E-state index contributed by atoms with van der Waals surface area (Å²) in [6.45, 7) is 0. The smallest absolute Gasteiger partial charge is 0.406 e. The van der Waals surface area contributed by atoms with E-state index >= 15 is 0 Å². The van der Waals surface area contributed by atoms with E-state index in [9.17, 15) is 18.0 Å². The van der Waals surface area contributed by atoms with E-state index in [1.54, 1.807) is 29.6 Å². The molecule has 0 spiro atoms. The Morgan fingerprint density at radius 1 is 1.00 bits per heavy atom. The van der Waals surface area contributed by atoms with E-state index in [4.69, 9.17) is 0 Å². The SMILES string of the molecule is O=C(C(=Cc1ccc(OC(F)(F)F)cc1)c1ccccc1)C1SCCCS1. The van der Waals surface area contributed by atoms with Gasteiger partial charge in [-0.2, -0.15) is 0 Å². The van der Waals surface area contributed by atoms with Crippen molar-refractivity contribution in [3.63, 3.8) is 0 Å². The van der Waals surface area contributed by atoms with Gasteiger partial charge >= 0.3 is 6.36 Å². The summed E-state index contributed by atoms with van der Waals surface area (Å²) >= 11 is 3.28. The number of Topliss-reactive ketones (excluding diaryl/α,β-unsaturated/α-hetero) is 1. The maximum absolute atomic E-state index is 13.1. The first kappa shape index (κ1) is 19.9. The standard InChI is InChI=1S/C20H17F3O2S2/c21-20(22,23)25-16-9-7-14(8-10-16)13-17(15-5-2-1-3-6-15)18(24)19-26-11-4-12-27-19/h1-3,5-10,13,19H,4,11-12H2. The zero-order valence-electron chi connectivity index (χ0n) is 14.2. The van der Waals surface area contributed by atoms with Crippen LogP contribution in [0.1, 0.15) is 17.5 Å². The van der Waals surface area contributed by atoms with E-state index in [2.05, 4.69) is 4.74 Å². The second kappa shape index (κ2) is 8.89. The van der Waals surface area contributed by atoms with Gasteiger partial charge < -0.3 is 4.74 Å². The molecule has 1 aliphatic heterocycles. The second-order valence-electron chi connectivity index (χ2n) is 5.83. The molecule has 0 saturated carbocycles. The quantitative estimate of drug-likeness (QED) is 0.453. The second-order valence-corrected chi connectivity index (χ2v) is 8.56. The van der Waals surface area contributed by atoms with Crippen molar-refractivity contribution in [1.29, 1.82) is 0 Å². The highest BCUT2D eigenvalue weighted by Crippen LogP contribution is 2.35. The fourth-order valence-corrected chi connectivity index (χ4v) is 5.36. The van der Waals surface area contributed by atoms with Crippen molar-refractivity contribution in [2.45, 2.75) is 17.4 Å². The zero-order chi connectivity index (χ0) is 19.3. The lowest BCUT2D eigenvalue weighted by Gasteiger charge is -2.21. The van der Waals surface area contributed by atoms with Crippen LogP contribution < -0.4 is 4.74 Å². The van der Waals surface area contributed by atoms with Gasteiger partial charge in [-0.25, -0.2) is 0 Å². The van der Waals surface area contributed by atoms with Gasteiger partial charge in [-0.1, -0.05) is 42.5 Å². The number of rotatable bonds is 5. The summed E-state index contributed by atoms with van der Waals surface area (Å²) in [5.74, 6) is 1.65. The van der Waals surface area contributed by atoms with E-state index in [1.165, 1.54) is 24.3 Å². The van der Waals surface area contributed by atoms with Gasteiger partial charge in [-0.15, -0.1) is 36.7 Å². The monoisotopic (exact) mass is 410 g/mol. The zero-order valence-corrected chi connectivity index (χ0v) is 15.9. The van der Waals surface area contributed by atoms with Crippen molar-refractivity contribution in [3.05, 3.63) is 65.7 Å². The molecule has 1 saturated heterocycles. The van der Waals surface area contributed by atoms with Crippen LogP contribution in [0.15, 0.2) is 54.6 Å². The number of hydrogen-bond donors (Lipinski definition) is 0. The lowest BCUT2D eigenvalue weighted by Crippen LogP contribution is -2.19. The van der Waals surface area contributed by atoms with Crippen LogP contribution in [0.4, 0.5) is 13.2 Å². The van der Waals surface area contributed by atoms with Crippen LogP contribution in [-0.4, -0.2) is 28.2 Å². The average molecular weight is 410 g/mol. The normalized spacial score (nSPS) is 16.2. The van der Waals surface area contributed by atoms with Crippen molar-refractivity contribution < 1.29 is 22.7 Å². The number of ether oxygens (including phenoxy) is 1. The lowest BCUT2D eigenvalue weighted by atomic mass is 9.99. The highest BCUT2D eigenvalue weighted by atomic mass is 32.2. The molecule has 3 rings (SSSR count). The largest absolute Gasteiger partial charge is 0.573 e. The number of carbonyl (C=O) groups excluding carboxylic acids is 1. The predicted molar refractivity (Wildman–Crippen MR) is 106 cm³/mol. The van der Waals surface area contributed by atoms with Crippen molar-refractivity contribution in [3.8, 4) is 5.75 Å². The molecule has 0 unspecified atom stereocenters. The Balaban J connectivity index is 1.89. The maximum Gasteiger partial charge on any atom is 0.573 e. The van der Waals surface area contributed by atoms with Gasteiger partial charge in [-0.05, 0) is 47.3 Å². The fraction of sp³-hybridized carbons (Fsp3) is 0.250. The molecule has 0 aromatic heterocycles. The Morgan fingerprint density at radius 3 is 2.22 bits per heavy atom. The molecule has 1 fully saturated rings. The highest BCUT2D eigenvalue weighted by Gasteiger charge is 2.31. The van der Waals surface area contributed by atoms with E-state index in [1.807, 2.05) is 30.3 Å². The van der Waals surface area contributed by atoms with E-state index in [0.717, 1.165) is 23.5 Å². The number of benzene rings is 2. The minimum atomic E-state index is -4.72. The summed E-state index contributed by atoms with van der Waals surface area (Å²) in [5.41, 5.74) is 2.00. The summed E-state index contributed by atoms with van der Waals surface area (Å²) in [6.07, 6.45) is -1.91. The maximum atomic E-state index is 13.1. The first-order valence-corrected chi connectivity index (χ1v) is 10.4. The van der Waals surface area contributed by atoms with Crippen molar-refractivity contribution >= 4 is 41.0 Å². The molecule has 0 N–H and O–H groups in total. The number of halogens is 3. The molecule has 142 valence electrons. The molecule has 0 radical (unpaired) electrons. The number of ketones is 1. The Morgan fingerprint density at radius 2 is 1.63 bits per heavy atom. The van der Waals surface area contributed by atoms with Crippen molar-refractivity contribution in [2.75, 3.05) is 11.5 Å². The van der Waals surface area contributed by atoms with Crippen LogP contribution in [0.2, 0.25) is 0 Å². The number of thioether (sulfide) groups is 2. The first-order chi connectivity index (χ1) is 12.9. The summed E-state index contributed by atoms with van der Waals surface area (Å²) < 4.78 is 40.6. The molecule has 2 aromatic carbocycles. The van der Waals surface area contributed by atoms with Gasteiger partial charge in [0.15, 0.2) is 5.78 Å². The molecule has 7 heteroatoms. The van der Waals surface area contributed by atoms with Gasteiger partial charge in [0.05, 0.1) is 0 Å². The minimum Gasteiger partial charge on any atom is -0.406 e. The summed E-state index contributed by atoms with van der Waals surface area (Å²) in [5, 5.41) is 0. The Hall–Kier alpha value is -1.86. The summed E-state index contributed by atoms with van der Waals surface area (Å²) in [4.78, 5) is 13.1. The molecule has 27 heavy (non-hydrogen) atoms. The van der Waals surface area contributed by atoms with Gasteiger partial charge in [-0.3, -0.25) is 4.79 Å². The molecule has 1 aliphatic rings. The molecule has 0 aliphatic carbocycles. The van der Waals surface area contributed by atoms with Gasteiger partial charge in [0.2, 0.25) is 0 Å². The van der Waals surface area contributed by atoms with E-state index in [-0.39, 0.29) is 16.1 Å². The lowest BCUT2D eigenvalue weighted by molar-refractivity contribution is -0.274. The molecule has 0 amide bonds. The van der Waals surface area contributed by atoms with Gasteiger partial charge in [0.1, 0.15) is 10.3 Å². The van der Waals surface area contributed by atoms with Crippen LogP contribution in [0.3, 0.4) is 0 Å². The molecular formula is C20H17F3O2S2. The van der Waals surface area contributed by atoms with Crippen molar-refractivity contribution in [2.24, 2.45) is 0 Å². The molecule has 0 bridgehead atoms. The first-order valence-electron chi connectivity index (χ1n) is 8.33. The van der Waals surface area contributed by atoms with Crippen LogP contribution in [-0.2, 0) is 4.79 Å². The van der Waals surface area contributed by atoms with Crippen LogP contribution in [0, 0.1) is 0 Å². The molecular weight excluding hydrogens is 393 g/mol. The Kier molecular flexibility index (Phi) is 6.55. The Bertz CT molecular complexity index is 796. The number of hydrogen-bond acceptors (Lipinski definition) is 4. The van der Waals surface area contributed by atoms with Crippen LogP contribution in [0.25, 0.3) is 11.6 Å². The van der Waals surface area contributed by atoms with Gasteiger partial charge in [0.25, 0.3) is 0 Å². The van der Waals surface area contributed by atoms with Crippen molar-refractivity contribution in [1.82, 2.24) is 0 Å².